The SMILES string of the molecule is Cc1nc(N2CCN(c3ncccc3S(=O)(=O)N3CCCCC3)CC2)sc1C. The standard InChI is InChI=1S/C19H27N5O2S2/c1-15-16(2)27-19(21-15)23-13-11-22(12-14-23)18-17(7-6-8-20-18)28(25,26)24-9-4-3-5-10-24/h6-8H,3-5,9-14H2,1-2H3. The van der Waals surface area contributed by atoms with Crippen molar-refractivity contribution >= 4 is 32.3 Å². The van der Waals surface area contributed by atoms with Crippen LogP contribution in [0.3, 0.4) is 0 Å². The summed E-state index contributed by atoms with van der Waals surface area (Å²) in [7, 11) is -3.50. The number of anilines is 2. The summed E-state index contributed by atoms with van der Waals surface area (Å²) >= 11 is 1.72. The van der Waals surface area contributed by atoms with Crippen molar-refractivity contribution in [1.82, 2.24) is 14.3 Å². The maximum atomic E-state index is 13.2. The van der Waals surface area contributed by atoms with Crippen molar-refractivity contribution in [3.63, 3.8) is 0 Å². The molecule has 2 saturated heterocycles. The van der Waals surface area contributed by atoms with Crippen LogP contribution in [0.1, 0.15) is 29.8 Å². The number of hydrogen-bond donors (Lipinski definition) is 0. The predicted molar refractivity (Wildman–Crippen MR) is 113 cm³/mol. The van der Waals surface area contributed by atoms with E-state index >= 15 is 0 Å². The average molecular weight is 422 g/mol. The third-order valence-electron chi connectivity index (χ3n) is 5.55. The van der Waals surface area contributed by atoms with Gasteiger partial charge in [-0.05, 0) is 38.8 Å². The van der Waals surface area contributed by atoms with Crippen molar-refractivity contribution in [3.05, 3.63) is 28.9 Å². The van der Waals surface area contributed by atoms with E-state index in [-0.39, 0.29) is 0 Å². The fourth-order valence-electron chi connectivity index (χ4n) is 3.77. The lowest BCUT2D eigenvalue weighted by Crippen LogP contribution is -2.47. The van der Waals surface area contributed by atoms with Crippen molar-refractivity contribution in [2.24, 2.45) is 0 Å². The molecule has 2 aliphatic rings. The van der Waals surface area contributed by atoms with Crippen LogP contribution < -0.4 is 9.80 Å². The fourth-order valence-corrected chi connectivity index (χ4v) is 6.41. The number of aromatic nitrogens is 2. The number of sulfonamides is 1. The normalized spacial score (nSPS) is 19.2. The van der Waals surface area contributed by atoms with Gasteiger partial charge in [0, 0.05) is 50.3 Å². The van der Waals surface area contributed by atoms with E-state index in [0.29, 0.717) is 23.8 Å². The zero-order valence-corrected chi connectivity index (χ0v) is 18.1. The Kier molecular flexibility index (Phi) is 5.57. The summed E-state index contributed by atoms with van der Waals surface area (Å²) in [5, 5.41) is 1.05. The van der Waals surface area contributed by atoms with Gasteiger partial charge in [0.15, 0.2) is 5.13 Å². The van der Waals surface area contributed by atoms with E-state index in [0.717, 1.165) is 56.3 Å². The van der Waals surface area contributed by atoms with Crippen molar-refractivity contribution in [1.29, 1.82) is 0 Å². The molecule has 9 heteroatoms. The molecule has 0 aliphatic carbocycles. The smallest absolute Gasteiger partial charge is 0.246 e. The lowest BCUT2D eigenvalue weighted by Gasteiger charge is -2.36. The quantitative estimate of drug-likeness (QED) is 0.756. The second-order valence-electron chi connectivity index (χ2n) is 7.40. The molecule has 0 radical (unpaired) electrons. The Balaban J connectivity index is 1.53. The van der Waals surface area contributed by atoms with Crippen molar-refractivity contribution in [2.45, 2.75) is 38.0 Å². The highest BCUT2D eigenvalue weighted by atomic mass is 32.2. The first-order valence-electron chi connectivity index (χ1n) is 9.86. The topological polar surface area (TPSA) is 69.6 Å². The van der Waals surface area contributed by atoms with E-state index in [2.05, 4.69) is 26.7 Å². The molecule has 28 heavy (non-hydrogen) atoms. The Morgan fingerprint density at radius 1 is 0.964 bits per heavy atom. The molecule has 4 heterocycles. The number of aryl methyl sites for hydroxylation is 2. The highest BCUT2D eigenvalue weighted by Crippen LogP contribution is 2.30. The fraction of sp³-hybridized carbons (Fsp3) is 0.579. The van der Waals surface area contributed by atoms with Crippen LogP contribution in [-0.4, -0.2) is 62.0 Å². The summed E-state index contributed by atoms with van der Waals surface area (Å²) in [4.78, 5) is 15.1. The molecule has 2 aromatic heterocycles. The molecule has 0 saturated carbocycles. The number of piperidine rings is 1. The molecule has 0 amide bonds. The Morgan fingerprint density at radius 3 is 2.29 bits per heavy atom. The highest BCUT2D eigenvalue weighted by Gasteiger charge is 2.31. The summed E-state index contributed by atoms with van der Waals surface area (Å²) in [6.45, 7) is 8.43. The minimum Gasteiger partial charge on any atom is -0.352 e. The van der Waals surface area contributed by atoms with Crippen molar-refractivity contribution in [3.8, 4) is 0 Å². The number of piperazine rings is 1. The first-order chi connectivity index (χ1) is 13.5. The number of hydrogen-bond acceptors (Lipinski definition) is 7. The predicted octanol–water partition coefficient (Wildman–Crippen LogP) is 2.66. The summed E-state index contributed by atoms with van der Waals surface area (Å²) in [6, 6.07) is 3.42. The summed E-state index contributed by atoms with van der Waals surface area (Å²) < 4.78 is 28.1. The first-order valence-corrected chi connectivity index (χ1v) is 12.1. The molecule has 2 aromatic rings. The van der Waals surface area contributed by atoms with E-state index in [1.165, 1.54) is 4.88 Å². The second-order valence-corrected chi connectivity index (χ2v) is 10.5. The summed E-state index contributed by atoms with van der Waals surface area (Å²) in [5.74, 6) is 0.583. The second kappa shape index (κ2) is 7.96. The van der Waals surface area contributed by atoms with Gasteiger partial charge in [-0.2, -0.15) is 4.31 Å². The van der Waals surface area contributed by atoms with Crippen LogP contribution in [0.2, 0.25) is 0 Å². The third kappa shape index (κ3) is 3.75. The van der Waals surface area contributed by atoms with Crippen molar-refractivity contribution < 1.29 is 8.42 Å². The van der Waals surface area contributed by atoms with Gasteiger partial charge in [-0.3, -0.25) is 0 Å². The van der Waals surface area contributed by atoms with Gasteiger partial charge in [-0.1, -0.05) is 6.42 Å². The lowest BCUT2D eigenvalue weighted by atomic mass is 10.2. The van der Waals surface area contributed by atoms with Gasteiger partial charge in [-0.25, -0.2) is 18.4 Å². The van der Waals surface area contributed by atoms with Gasteiger partial charge in [0.25, 0.3) is 0 Å². The molecule has 2 fully saturated rings. The largest absolute Gasteiger partial charge is 0.352 e. The summed E-state index contributed by atoms with van der Waals surface area (Å²) in [5.41, 5.74) is 1.09. The molecule has 0 aromatic carbocycles. The maximum Gasteiger partial charge on any atom is 0.246 e. The summed E-state index contributed by atoms with van der Waals surface area (Å²) in [6.07, 6.45) is 4.65. The number of nitrogens with zero attached hydrogens (tertiary/aromatic N) is 5. The minimum atomic E-state index is -3.50. The first kappa shape index (κ1) is 19.6. The Morgan fingerprint density at radius 2 is 1.64 bits per heavy atom. The van der Waals surface area contributed by atoms with Crippen LogP contribution in [0.5, 0.6) is 0 Å². The van der Waals surface area contributed by atoms with Gasteiger partial charge in [0.1, 0.15) is 10.7 Å². The third-order valence-corrected chi connectivity index (χ3v) is 8.60. The molecule has 2 aliphatic heterocycles. The number of thiazole rings is 1. The molecule has 0 atom stereocenters. The lowest BCUT2D eigenvalue weighted by molar-refractivity contribution is 0.346. The van der Waals surface area contributed by atoms with E-state index in [9.17, 15) is 8.42 Å². The molecular formula is C19H27N5O2S2. The van der Waals surface area contributed by atoms with Crippen LogP contribution in [0, 0.1) is 13.8 Å². The van der Waals surface area contributed by atoms with Gasteiger partial charge in [0.05, 0.1) is 5.69 Å². The van der Waals surface area contributed by atoms with Gasteiger partial charge < -0.3 is 9.80 Å². The maximum absolute atomic E-state index is 13.2. The average Bonchev–Trinajstić information content (AvgIpc) is 3.07. The molecule has 0 N–H and O–H groups in total. The Labute approximate surface area is 171 Å². The van der Waals surface area contributed by atoms with Gasteiger partial charge in [0.2, 0.25) is 10.0 Å². The molecule has 0 unspecified atom stereocenters. The van der Waals surface area contributed by atoms with Crippen LogP contribution in [-0.2, 0) is 10.0 Å². The van der Waals surface area contributed by atoms with E-state index in [1.807, 2.05) is 6.92 Å². The Bertz CT molecular complexity index is 910. The molecule has 4 rings (SSSR count). The van der Waals surface area contributed by atoms with Crippen LogP contribution in [0.25, 0.3) is 0 Å². The van der Waals surface area contributed by atoms with E-state index in [1.54, 1.807) is 34.0 Å². The molecule has 0 spiro atoms. The molecular weight excluding hydrogens is 394 g/mol. The van der Waals surface area contributed by atoms with E-state index in [4.69, 9.17) is 0 Å². The van der Waals surface area contributed by atoms with Crippen LogP contribution in [0.15, 0.2) is 23.2 Å². The monoisotopic (exact) mass is 421 g/mol. The van der Waals surface area contributed by atoms with Crippen LogP contribution in [0.4, 0.5) is 10.9 Å². The molecule has 7 nitrogen and oxygen atoms in total. The minimum absolute atomic E-state index is 0.339. The van der Waals surface area contributed by atoms with E-state index < -0.39 is 10.0 Å². The zero-order valence-electron chi connectivity index (χ0n) is 16.5. The molecule has 152 valence electrons. The number of pyridine rings is 1. The highest BCUT2D eigenvalue weighted by molar-refractivity contribution is 7.89. The van der Waals surface area contributed by atoms with Crippen LogP contribution >= 0.6 is 11.3 Å². The molecule has 0 bridgehead atoms. The van der Waals surface area contributed by atoms with Crippen molar-refractivity contribution in [2.75, 3.05) is 49.1 Å². The zero-order chi connectivity index (χ0) is 19.7. The van der Waals surface area contributed by atoms with Gasteiger partial charge >= 0.3 is 0 Å². The van der Waals surface area contributed by atoms with Gasteiger partial charge in [-0.15, -0.1) is 11.3 Å². The Hall–Kier alpha value is -1.71. The number of rotatable bonds is 4.